The summed E-state index contributed by atoms with van der Waals surface area (Å²) in [4.78, 5) is 10.9. The van der Waals surface area contributed by atoms with Gasteiger partial charge in [-0.2, -0.15) is 0 Å². The first-order valence-corrected chi connectivity index (χ1v) is 4.24. The summed E-state index contributed by atoms with van der Waals surface area (Å²) in [6.07, 6.45) is 4.20. The molecule has 1 fully saturated rings. The Morgan fingerprint density at radius 2 is 2.33 bits per heavy atom. The Morgan fingerprint density at radius 3 is 2.58 bits per heavy atom. The van der Waals surface area contributed by atoms with Gasteiger partial charge in [-0.15, -0.1) is 6.58 Å². The number of rotatable bonds is 4. The fraction of sp³-hybridized carbons (Fsp3) is 0.667. The molecule has 0 radical (unpaired) electrons. The van der Waals surface area contributed by atoms with Crippen molar-refractivity contribution in [2.75, 3.05) is 0 Å². The summed E-state index contributed by atoms with van der Waals surface area (Å²) in [6.45, 7) is 5.52. The zero-order valence-electron chi connectivity index (χ0n) is 7.34. The SMILES string of the molecule is C=CC(C)NC1(C(=O)O)CCC1. The predicted octanol–water partition coefficient (Wildman–Crippen LogP) is 1.16. The predicted molar refractivity (Wildman–Crippen MR) is 47.0 cm³/mol. The van der Waals surface area contributed by atoms with E-state index in [1.165, 1.54) is 0 Å². The lowest BCUT2D eigenvalue weighted by Crippen LogP contribution is -2.59. The van der Waals surface area contributed by atoms with Crippen molar-refractivity contribution in [1.82, 2.24) is 5.32 Å². The molecule has 1 atom stereocenters. The van der Waals surface area contributed by atoms with Gasteiger partial charge < -0.3 is 5.11 Å². The molecule has 0 aliphatic heterocycles. The van der Waals surface area contributed by atoms with E-state index in [9.17, 15) is 4.79 Å². The third kappa shape index (κ3) is 1.50. The highest BCUT2D eigenvalue weighted by Gasteiger charge is 2.44. The molecule has 0 aromatic rings. The number of aliphatic carboxylic acids is 1. The Hall–Kier alpha value is -0.830. The molecular weight excluding hydrogens is 154 g/mol. The third-order valence-electron chi connectivity index (χ3n) is 2.47. The fourth-order valence-corrected chi connectivity index (χ4v) is 1.45. The van der Waals surface area contributed by atoms with Crippen molar-refractivity contribution in [2.24, 2.45) is 0 Å². The number of hydrogen-bond acceptors (Lipinski definition) is 2. The maximum Gasteiger partial charge on any atom is 0.323 e. The molecule has 68 valence electrons. The van der Waals surface area contributed by atoms with Gasteiger partial charge in [0, 0.05) is 6.04 Å². The van der Waals surface area contributed by atoms with Crippen LogP contribution in [0, 0.1) is 0 Å². The van der Waals surface area contributed by atoms with Crippen LogP contribution in [-0.2, 0) is 4.79 Å². The van der Waals surface area contributed by atoms with Gasteiger partial charge in [0.1, 0.15) is 5.54 Å². The standard InChI is InChI=1S/C9H15NO2/c1-3-7(2)10-9(8(11)12)5-4-6-9/h3,7,10H,1,4-6H2,2H3,(H,11,12). The van der Waals surface area contributed by atoms with Crippen LogP contribution < -0.4 is 5.32 Å². The summed E-state index contributed by atoms with van der Waals surface area (Å²) in [5.41, 5.74) is -0.659. The molecule has 1 unspecified atom stereocenters. The topological polar surface area (TPSA) is 49.3 Å². The Labute approximate surface area is 72.5 Å². The van der Waals surface area contributed by atoms with Gasteiger partial charge in [-0.25, -0.2) is 0 Å². The maximum atomic E-state index is 10.9. The average molecular weight is 169 g/mol. The summed E-state index contributed by atoms with van der Waals surface area (Å²) in [5.74, 6) is -0.734. The molecule has 0 spiro atoms. The third-order valence-corrected chi connectivity index (χ3v) is 2.47. The summed E-state index contributed by atoms with van der Waals surface area (Å²) >= 11 is 0. The zero-order chi connectivity index (χ0) is 9.19. The van der Waals surface area contributed by atoms with Crippen molar-refractivity contribution in [1.29, 1.82) is 0 Å². The Bertz CT molecular complexity index is 197. The van der Waals surface area contributed by atoms with Crippen molar-refractivity contribution >= 4 is 5.97 Å². The number of carbonyl (C=O) groups is 1. The summed E-state index contributed by atoms with van der Waals surface area (Å²) in [5, 5.41) is 12.0. The van der Waals surface area contributed by atoms with E-state index >= 15 is 0 Å². The van der Waals surface area contributed by atoms with Crippen molar-refractivity contribution < 1.29 is 9.90 Å². The smallest absolute Gasteiger partial charge is 0.323 e. The van der Waals surface area contributed by atoms with E-state index < -0.39 is 11.5 Å². The normalized spacial score (nSPS) is 22.4. The van der Waals surface area contributed by atoms with Gasteiger partial charge in [-0.3, -0.25) is 10.1 Å². The van der Waals surface area contributed by atoms with Gasteiger partial charge >= 0.3 is 5.97 Å². The van der Waals surface area contributed by atoms with Crippen molar-refractivity contribution in [3.05, 3.63) is 12.7 Å². The molecule has 3 heteroatoms. The van der Waals surface area contributed by atoms with E-state index in [2.05, 4.69) is 11.9 Å². The fourth-order valence-electron chi connectivity index (χ4n) is 1.45. The number of nitrogens with one attached hydrogen (secondary N) is 1. The monoisotopic (exact) mass is 169 g/mol. The molecule has 1 aliphatic rings. The molecule has 1 rings (SSSR count). The van der Waals surface area contributed by atoms with E-state index in [0.29, 0.717) is 0 Å². The van der Waals surface area contributed by atoms with Gasteiger partial charge in [-0.1, -0.05) is 6.08 Å². The molecule has 0 saturated heterocycles. The molecule has 0 aromatic carbocycles. The molecular formula is C9H15NO2. The van der Waals surface area contributed by atoms with Crippen LogP contribution in [-0.4, -0.2) is 22.7 Å². The van der Waals surface area contributed by atoms with Gasteiger partial charge in [0.05, 0.1) is 0 Å². The van der Waals surface area contributed by atoms with Gasteiger partial charge in [0.25, 0.3) is 0 Å². The number of carboxylic acid groups (broad SMARTS) is 1. The molecule has 0 heterocycles. The second-order valence-electron chi connectivity index (χ2n) is 3.41. The van der Waals surface area contributed by atoms with Crippen LogP contribution in [0.5, 0.6) is 0 Å². The first-order valence-electron chi connectivity index (χ1n) is 4.24. The molecule has 2 N–H and O–H groups in total. The number of carboxylic acids is 1. The first kappa shape index (κ1) is 9.26. The molecule has 1 saturated carbocycles. The highest BCUT2D eigenvalue weighted by atomic mass is 16.4. The Kier molecular flexibility index (Phi) is 2.52. The van der Waals surface area contributed by atoms with E-state index in [4.69, 9.17) is 5.11 Å². The van der Waals surface area contributed by atoms with Crippen LogP contribution in [0.2, 0.25) is 0 Å². The minimum atomic E-state index is -0.734. The van der Waals surface area contributed by atoms with Gasteiger partial charge in [0.15, 0.2) is 0 Å². The molecule has 3 nitrogen and oxygen atoms in total. The van der Waals surface area contributed by atoms with Crippen molar-refractivity contribution in [3.63, 3.8) is 0 Å². The summed E-state index contributed by atoms with van der Waals surface area (Å²) < 4.78 is 0. The summed E-state index contributed by atoms with van der Waals surface area (Å²) in [6, 6.07) is 0.0707. The van der Waals surface area contributed by atoms with Crippen LogP contribution >= 0.6 is 0 Å². The maximum absolute atomic E-state index is 10.9. The minimum Gasteiger partial charge on any atom is -0.480 e. The van der Waals surface area contributed by atoms with Gasteiger partial charge in [-0.05, 0) is 26.2 Å². The lowest BCUT2D eigenvalue weighted by molar-refractivity contribution is -0.149. The second-order valence-corrected chi connectivity index (χ2v) is 3.41. The van der Waals surface area contributed by atoms with Crippen LogP contribution in [0.1, 0.15) is 26.2 Å². The lowest BCUT2D eigenvalue weighted by Gasteiger charge is -2.40. The largest absolute Gasteiger partial charge is 0.480 e. The van der Waals surface area contributed by atoms with Crippen LogP contribution in [0.25, 0.3) is 0 Å². The lowest BCUT2D eigenvalue weighted by atomic mass is 9.76. The van der Waals surface area contributed by atoms with Crippen molar-refractivity contribution in [2.45, 2.75) is 37.8 Å². The molecule has 0 amide bonds. The average Bonchev–Trinajstić information content (AvgIpc) is 1.95. The van der Waals surface area contributed by atoms with Crippen LogP contribution in [0.3, 0.4) is 0 Å². The Balaban J connectivity index is 2.56. The molecule has 0 bridgehead atoms. The van der Waals surface area contributed by atoms with Crippen LogP contribution in [0.15, 0.2) is 12.7 Å². The molecule has 12 heavy (non-hydrogen) atoms. The highest BCUT2D eigenvalue weighted by Crippen LogP contribution is 2.32. The van der Waals surface area contributed by atoms with E-state index in [1.807, 2.05) is 6.92 Å². The zero-order valence-corrected chi connectivity index (χ0v) is 7.34. The highest BCUT2D eigenvalue weighted by molar-refractivity contribution is 5.80. The second kappa shape index (κ2) is 3.27. The van der Waals surface area contributed by atoms with Crippen LogP contribution in [0.4, 0.5) is 0 Å². The summed E-state index contributed by atoms with van der Waals surface area (Å²) in [7, 11) is 0. The number of hydrogen-bond donors (Lipinski definition) is 2. The molecule has 0 aromatic heterocycles. The minimum absolute atomic E-state index is 0.0707. The van der Waals surface area contributed by atoms with E-state index in [1.54, 1.807) is 6.08 Å². The molecule has 1 aliphatic carbocycles. The van der Waals surface area contributed by atoms with E-state index in [-0.39, 0.29) is 6.04 Å². The first-order chi connectivity index (χ1) is 5.60. The quantitative estimate of drug-likeness (QED) is 0.621. The van der Waals surface area contributed by atoms with E-state index in [0.717, 1.165) is 19.3 Å². The Morgan fingerprint density at radius 1 is 1.75 bits per heavy atom. The van der Waals surface area contributed by atoms with Gasteiger partial charge in [0.2, 0.25) is 0 Å². The van der Waals surface area contributed by atoms with Crippen molar-refractivity contribution in [3.8, 4) is 0 Å².